The van der Waals surface area contributed by atoms with Crippen molar-refractivity contribution in [3.8, 4) is 0 Å². The van der Waals surface area contributed by atoms with Crippen molar-refractivity contribution >= 4 is 28.4 Å². The number of aromatic nitrogens is 1. The van der Waals surface area contributed by atoms with Crippen LogP contribution in [0, 0.1) is 0 Å². The summed E-state index contributed by atoms with van der Waals surface area (Å²) in [6, 6.07) is 8.51. The van der Waals surface area contributed by atoms with Crippen LogP contribution in [0.15, 0.2) is 30.5 Å². The van der Waals surface area contributed by atoms with Gasteiger partial charge in [-0.25, -0.2) is 0 Å². The molecule has 128 valence electrons. The van der Waals surface area contributed by atoms with Crippen LogP contribution >= 0.6 is 0 Å². The summed E-state index contributed by atoms with van der Waals surface area (Å²) in [6.07, 6.45) is 4.26. The summed E-state index contributed by atoms with van der Waals surface area (Å²) in [5, 5.41) is 6.28. The quantitative estimate of drug-likeness (QED) is 0.711. The molecule has 1 aliphatic carbocycles. The smallest absolute Gasteiger partial charge is 0.313 e. The molecule has 0 spiro atoms. The molecule has 0 saturated heterocycles. The van der Waals surface area contributed by atoms with Crippen LogP contribution in [-0.4, -0.2) is 46.9 Å². The molecule has 6 nitrogen and oxygen atoms in total. The average molecular weight is 328 g/mol. The van der Waals surface area contributed by atoms with E-state index in [1.165, 1.54) is 12.8 Å². The predicted molar refractivity (Wildman–Crippen MR) is 94.8 cm³/mol. The second-order valence-corrected chi connectivity index (χ2v) is 6.52. The fourth-order valence-electron chi connectivity index (χ4n) is 3.02. The minimum absolute atomic E-state index is 0.453. The van der Waals surface area contributed by atoms with E-state index in [2.05, 4.69) is 34.4 Å². The number of aromatic amines is 1. The molecular formula is C18H24N4O2. The number of hydrogen-bond donors (Lipinski definition) is 3. The topological polar surface area (TPSA) is 77.2 Å². The summed E-state index contributed by atoms with van der Waals surface area (Å²) < 4.78 is 0. The highest BCUT2D eigenvalue weighted by molar-refractivity contribution is 6.40. The van der Waals surface area contributed by atoms with Crippen LogP contribution in [0.3, 0.4) is 0 Å². The molecule has 2 amide bonds. The molecule has 0 radical (unpaired) electrons. The second-order valence-electron chi connectivity index (χ2n) is 6.52. The Morgan fingerprint density at radius 3 is 2.75 bits per heavy atom. The standard InChI is InChI=1S/C18H24N4O2/c1-12(2)22(13-6-7-13)11-10-20-17(23)18(24)21-16-5-3-4-15-14(16)8-9-19-15/h3-5,8-9,12-13,19H,6-7,10-11H2,1-2H3,(H,20,23)(H,21,24). The lowest BCUT2D eigenvalue weighted by Gasteiger charge is -2.26. The van der Waals surface area contributed by atoms with E-state index >= 15 is 0 Å². The van der Waals surface area contributed by atoms with Gasteiger partial charge in [0, 0.05) is 42.3 Å². The highest BCUT2D eigenvalue weighted by Crippen LogP contribution is 2.28. The van der Waals surface area contributed by atoms with Gasteiger partial charge in [0.2, 0.25) is 0 Å². The summed E-state index contributed by atoms with van der Waals surface area (Å²) in [5.74, 6) is -1.23. The molecule has 24 heavy (non-hydrogen) atoms. The van der Waals surface area contributed by atoms with Crippen LogP contribution in [0.4, 0.5) is 5.69 Å². The Labute approximate surface area is 141 Å². The summed E-state index contributed by atoms with van der Waals surface area (Å²) in [7, 11) is 0. The molecule has 3 N–H and O–H groups in total. The Morgan fingerprint density at radius 2 is 2.04 bits per heavy atom. The number of carbonyl (C=O) groups excluding carboxylic acids is 2. The van der Waals surface area contributed by atoms with Crippen molar-refractivity contribution in [2.45, 2.75) is 38.8 Å². The molecule has 1 saturated carbocycles. The molecule has 0 aliphatic heterocycles. The number of anilines is 1. The minimum Gasteiger partial charge on any atom is -0.361 e. The lowest BCUT2D eigenvalue weighted by atomic mass is 10.2. The third kappa shape index (κ3) is 3.76. The number of fused-ring (bicyclic) bond motifs is 1. The van der Waals surface area contributed by atoms with Gasteiger partial charge in [0.05, 0.1) is 5.69 Å². The van der Waals surface area contributed by atoms with Crippen LogP contribution in [-0.2, 0) is 9.59 Å². The Bertz CT molecular complexity index is 731. The number of benzene rings is 1. The lowest BCUT2D eigenvalue weighted by Crippen LogP contribution is -2.42. The molecule has 1 aromatic heterocycles. The summed E-state index contributed by atoms with van der Waals surface area (Å²) in [6.45, 7) is 5.57. The molecule has 6 heteroatoms. The van der Waals surface area contributed by atoms with Gasteiger partial charge < -0.3 is 15.6 Å². The second kappa shape index (κ2) is 7.05. The van der Waals surface area contributed by atoms with Crippen molar-refractivity contribution in [1.29, 1.82) is 0 Å². The first-order chi connectivity index (χ1) is 11.6. The number of amides is 2. The van der Waals surface area contributed by atoms with Gasteiger partial charge in [-0.2, -0.15) is 0 Å². The fraction of sp³-hybridized carbons (Fsp3) is 0.444. The molecule has 0 bridgehead atoms. The number of rotatable bonds is 6. The van der Waals surface area contributed by atoms with Gasteiger partial charge in [-0.3, -0.25) is 14.5 Å². The maximum atomic E-state index is 12.1. The van der Waals surface area contributed by atoms with Crippen LogP contribution < -0.4 is 10.6 Å². The van der Waals surface area contributed by atoms with E-state index in [0.717, 1.165) is 17.4 Å². The molecule has 0 atom stereocenters. The number of H-pyrrole nitrogens is 1. The van der Waals surface area contributed by atoms with E-state index in [4.69, 9.17) is 0 Å². The maximum Gasteiger partial charge on any atom is 0.313 e. The molecule has 1 fully saturated rings. The first-order valence-electron chi connectivity index (χ1n) is 8.47. The molecule has 2 aromatic rings. The monoisotopic (exact) mass is 328 g/mol. The normalized spacial score (nSPS) is 14.3. The third-order valence-corrected chi connectivity index (χ3v) is 4.38. The van der Waals surface area contributed by atoms with Gasteiger partial charge >= 0.3 is 11.8 Å². The zero-order chi connectivity index (χ0) is 17.1. The Kier molecular flexibility index (Phi) is 4.85. The number of hydrogen-bond acceptors (Lipinski definition) is 3. The van der Waals surface area contributed by atoms with E-state index in [1.54, 1.807) is 12.3 Å². The van der Waals surface area contributed by atoms with Crippen molar-refractivity contribution in [3.63, 3.8) is 0 Å². The van der Waals surface area contributed by atoms with Crippen molar-refractivity contribution < 1.29 is 9.59 Å². The van der Waals surface area contributed by atoms with Gasteiger partial charge in [-0.05, 0) is 44.9 Å². The van der Waals surface area contributed by atoms with Crippen molar-refractivity contribution in [2.75, 3.05) is 18.4 Å². The SMILES string of the molecule is CC(C)N(CCNC(=O)C(=O)Nc1cccc2[nH]ccc12)C1CC1. The molecule has 1 heterocycles. The van der Waals surface area contributed by atoms with Crippen LogP contribution in [0.5, 0.6) is 0 Å². The Morgan fingerprint density at radius 1 is 1.25 bits per heavy atom. The average Bonchev–Trinajstić information content (AvgIpc) is 3.26. The first-order valence-corrected chi connectivity index (χ1v) is 8.47. The van der Waals surface area contributed by atoms with E-state index in [1.807, 2.05) is 18.2 Å². The number of nitrogens with one attached hydrogen (secondary N) is 3. The number of carbonyl (C=O) groups is 2. The fourth-order valence-corrected chi connectivity index (χ4v) is 3.02. The third-order valence-electron chi connectivity index (χ3n) is 4.38. The molecule has 3 rings (SSSR count). The molecule has 0 unspecified atom stereocenters. The van der Waals surface area contributed by atoms with Gasteiger partial charge in [-0.1, -0.05) is 6.07 Å². The first kappa shape index (κ1) is 16.5. The van der Waals surface area contributed by atoms with Crippen LogP contribution in [0.2, 0.25) is 0 Å². The Hall–Kier alpha value is -2.34. The summed E-state index contributed by atoms with van der Waals surface area (Å²) >= 11 is 0. The molecular weight excluding hydrogens is 304 g/mol. The predicted octanol–water partition coefficient (Wildman–Crippen LogP) is 2.10. The zero-order valence-corrected chi connectivity index (χ0v) is 14.1. The van der Waals surface area contributed by atoms with E-state index < -0.39 is 11.8 Å². The summed E-state index contributed by atoms with van der Waals surface area (Å²) in [5.41, 5.74) is 1.56. The maximum absolute atomic E-state index is 12.1. The van der Waals surface area contributed by atoms with Gasteiger partial charge in [-0.15, -0.1) is 0 Å². The largest absolute Gasteiger partial charge is 0.361 e. The highest BCUT2D eigenvalue weighted by atomic mass is 16.2. The van der Waals surface area contributed by atoms with Crippen molar-refractivity contribution in [1.82, 2.24) is 15.2 Å². The van der Waals surface area contributed by atoms with Crippen molar-refractivity contribution in [2.24, 2.45) is 0 Å². The number of nitrogens with zero attached hydrogens (tertiary/aromatic N) is 1. The lowest BCUT2D eigenvalue weighted by molar-refractivity contribution is -0.136. The van der Waals surface area contributed by atoms with Crippen LogP contribution in [0.25, 0.3) is 10.9 Å². The van der Waals surface area contributed by atoms with E-state index in [9.17, 15) is 9.59 Å². The zero-order valence-electron chi connectivity index (χ0n) is 14.1. The molecule has 1 aliphatic rings. The molecule has 1 aromatic carbocycles. The van der Waals surface area contributed by atoms with E-state index in [-0.39, 0.29) is 0 Å². The summed E-state index contributed by atoms with van der Waals surface area (Å²) in [4.78, 5) is 29.5. The Balaban J connectivity index is 1.51. The van der Waals surface area contributed by atoms with Gasteiger partial charge in [0.25, 0.3) is 0 Å². The van der Waals surface area contributed by atoms with Crippen LogP contribution in [0.1, 0.15) is 26.7 Å². The van der Waals surface area contributed by atoms with Gasteiger partial charge in [0.15, 0.2) is 0 Å². The highest BCUT2D eigenvalue weighted by Gasteiger charge is 2.30. The minimum atomic E-state index is -0.633. The van der Waals surface area contributed by atoms with Crippen molar-refractivity contribution in [3.05, 3.63) is 30.5 Å². The van der Waals surface area contributed by atoms with E-state index in [0.29, 0.717) is 24.3 Å². The van der Waals surface area contributed by atoms with Gasteiger partial charge in [0.1, 0.15) is 0 Å².